The Balaban J connectivity index is -0.000000320. The van der Waals surface area contributed by atoms with Crippen LogP contribution in [0.1, 0.15) is 0 Å². The Morgan fingerprint density at radius 1 is 1.88 bits per heavy atom. The van der Waals surface area contributed by atoms with Crippen LogP contribution in [0.2, 0.25) is 0 Å². The summed E-state index contributed by atoms with van der Waals surface area (Å²) in [5.41, 5.74) is 0. The van der Waals surface area contributed by atoms with Crippen molar-refractivity contribution in [3.05, 3.63) is 0 Å². The maximum absolute atomic E-state index is 8.35. The molecule has 4 N–H and O–H groups in total. The van der Waals surface area contributed by atoms with Gasteiger partial charge in [-0.3, -0.25) is 0 Å². The van der Waals surface area contributed by atoms with Crippen LogP contribution in [0.5, 0.6) is 0 Å². The van der Waals surface area contributed by atoms with Gasteiger partial charge in [-0.2, -0.15) is 0 Å². The molecule has 0 aromatic heterocycles. The van der Waals surface area contributed by atoms with Gasteiger partial charge in [-0.05, 0) is 0 Å². The summed E-state index contributed by atoms with van der Waals surface area (Å²) in [5.74, 6) is 0. The fraction of sp³-hybridized carbons (Fsp3) is 0. The fourth-order valence-electron chi connectivity index (χ4n) is 0.0468. The number of rotatable bonds is 2. The molecular formula is H7NO3Si2V2. The second-order valence-electron chi connectivity index (χ2n) is 0.532. The Hall–Kier alpha value is 1.44. The van der Waals surface area contributed by atoms with Gasteiger partial charge in [0.2, 0.25) is 0 Å². The predicted molar refractivity (Wildman–Crippen MR) is 25.4 cm³/mol. The van der Waals surface area contributed by atoms with E-state index in [1.165, 1.54) is 0 Å². The molecule has 1 unspecified atom stereocenters. The third-order valence-electron chi connectivity index (χ3n) is 0.150. The van der Waals surface area contributed by atoms with Gasteiger partial charge in [-0.1, -0.05) is 0 Å². The van der Waals surface area contributed by atoms with E-state index in [9.17, 15) is 0 Å². The van der Waals surface area contributed by atoms with Crippen LogP contribution in [0.25, 0.3) is 0 Å². The molecule has 0 saturated carbocycles. The largest absolute Gasteiger partial charge is 0.416 e. The number of nitrogens with two attached hydrogens (primary N) is 1. The Morgan fingerprint density at radius 2 is 2.25 bits per heavy atom. The molecule has 0 amide bonds. The molecule has 0 heterocycles. The summed E-state index contributed by atoms with van der Waals surface area (Å²) in [6.45, 7) is 0. The Morgan fingerprint density at radius 3 is 2.25 bits per heavy atom. The van der Waals surface area contributed by atoms with Gasteiger partial charge in [0.1, 0.15) is 0 Å². The zero-order valence-electron chi connectivity index (χ0n) is 6.77. The van der Waals surface area contributed by atoms with Crippen LogP contribution in [-0.4, -0.2) is 32.5 Å². The molecule has 0 bridgehead atoms. The van der Waals surface area contributed by atoms with E-state index in [2.05, 4.69) is 9.51 Å². The second kappa shape index (κ2) is 11.3. The fourth-order valence-corrected chi connectivity index (χ4v) is 0.421. The van der Waals surface area contributed by atoms with Crippen LogP contribution in [-0.2, 0) is 41.2 Å². The Kier molecular flexibility index (Phi) is 10.6. The quantitative estimate of drug-likeness (QED) is 0.436. The second-order valence-corrected chi connectivity index (χ2v) is 2.21. The summed E-state index contributed by atoms with van der Waals surface area (Å²) in [6, 6.07) is 0. The SMILES string of the molecule is [3H][Si]([3H])(O)O[Si]([3H])(N)O.[V].[V]. The minimum Gasteiger partial charge on any atom is -0.416 e. The van der Waals surface area contributed by atoms with Crippen LogP contribution in [0, 0.1) is 0 Å². The first-order valence-corrected chi connectivity index (χ1v) is 3.43. The third kappa shape index (κ3) is 15.7. The van der Waals surface area contributed by atoms with Crippen molar-refractivity contribution in [2.45, 2.75) is 0 Å². The normalized spacial score (nSPS) is 22.1. The van der Waals surface area contributed by atoms with Crippen LogP contribution >= 0.6 is 0 Å². The molecule has 8 heteroatoms. The van der Waals surface area contributed by atoms with Crippen molar-refractivity contribution in [1.82, 2.24) is 0 Å². The molecule has 0 aliphatic carbocycles. The van der Waals surface area contributed by atoms with Gasteiger partial charge in [0, 0.05) is 37.1 Å². The van der Waals surface area contributed by atoms with Crippen molar-refractivity contribution in [2.24, 2.45) is 5.40 Å². The first-order valence-electron chi connectivity index (χ1n) is 2.64. The Bertz CT molecular complexity index is 89.7. The molecule has 0 fully saturated rings. The van der Waals surface area contributed by atoms with Crippen molar-refractivity contribution in [3.63, 3.8) is 0 Å². The van der Waals surface area contributed by atoms with Gasteiger partial charge in [-0.15, -0.1) is 0 Å². The van der Waals surface area contributed by atoms with Crippen molar-refractivity contribution in [3.8, 4) is 0 Å². The molecule has 0 aromatic carbocycles. The predicted octanol–water partition coefficient (Wildman–Crippen LogP) is -3.34. The number of hydrogen-bond acceptors (Lipinski definition) is 4. The van der Waals surface area contributed by atoms with Gasteiger partial charge < -0.3 is 19.1 Å². The summed E-state index contributed by atoms with van der Waals surface area (Å²) in [5, 5.41) is 4.60. The van der Waals surface area contributed by atoms with Gasteiger partial charge in [-0.25, -0.2) is 0 Å². The summed E-state index contributed by atoms with van der Waals surface area (Å²) < 4.78 is 23.1. The monoisotopic (exact) mass is 233 g/mol. The third-order valence-corrected chi connectivity index (χ3v) is 1.35. The van der Waals surface area contributed by atoms with E-state index in [1.54, 1.807) is 0 Å². The van der Waals surface area contributed by atoms with Gasteiger partial charge in [0.25, 0.3) is 9.87 Å². The van der Waals surface area contributed by atoms with E-state index in [4.69, 9.17) is 13.3 Å². The van der Waals surface area contributed by atoms with E-state index >= 15 is 0 Å². The minimum atomic E-state index is -4.29. The molecule has 4 nitrogen and oxygen atoms in total. The molecule has 0 aliphatic heterocycles. The summed E-state index contributed by atoms with van der Waals surface area (Å²) in [6.07, 6.45) is 0. The first-order chi connectivity index (χ1) is 3.71. The van der Waals surface area contributed by atoms with Crippen LogP contribution < -0.4 is 5.40 Å². The number of hydrogen-bond donors (Lipinski definition) is 3. The van der Waals surface area contributed by atoms with E-state index < -0.39 is 19.2 Å². The molecule has 8 heavy (non-hydrogen) atoms. The summed E-state index contributed by atoms with van der Waals surface area (Å²) >= 11 is 0. The molecule has 0 aromatic rings. The molecular weight excluding hydrogens is 220 g/mol. The molecule has 2 radical (unpaired) electrons. The average molecular weight is 233 g/mol. The zero-order chi connectivity index (χ0) is 7.71. The standard InChI is InChI=1S/H7NO3Si2.2V/c1-6(3)4-5-2;;/h2-3,6H,1,5H2;;/i5T2,6T;;. The minimum absolute atomic E-state index is 0. The van der Waals surface area contributed by atoms with Crippen molar-refractivity contribution < 1.29 is 50.8 Å². The molecule has 48 valence electrons. The van der Waals surface area contributed by atoms with E-state index in [0.29, 0.717) is 0 Å². The zero-order valence-corrected chi connectivity index (χ0v) is 8.57. The summed E-state index contributed by atoms with van der Waals surface area (Å²) in [4.78, 5) is 16.6. The topological polar surface area (TPSA) is 75.7 Å². The van der Waals surface area contributed by atoms with E-state index in [-0.39, 0.29) is 37.1 Å². The van der Waals surface area contributed by atoms with Gasteiger partial charge in [0.15, 0.2) is 0 Å². The van der Waals surface area contributed by atoms with Gasteiger partial charge in [0.05, 0.1) is 3.70 Å². The van der Waals surface area contributed by atoms with E-state index in [0.717, 1.165) is 0 Å². The maximum atomic E-state index is 8.35. The van der Waals surface area contributed by atoms with Crippen LogP contribution in [0.15, 0.2) is 0 Å². The molecule has 0 aliphatic rings. The maximum Gasteiger partial charge on any atom is 0.393 e. The van der Waals surface area contributed by atoms with Crippen LogP contribution in [0.3, 0.4) is 0 Å². The Labute approximate surface area is 79.2 Å². The van der Waals surface area contributed by atoms with E-state index in [1.807, 2.05) is 0 Å². The van der Waals surface area contributed by atoms with Gasteiger partial charge >= 0.3 is 9.38 Å². The average Bonchev–Trinajstić information content (AvgIpc) is 1.14. The smallest absolute Gasteiger partial charge is 0.393 e. The molecule has 1 atom stereocenters. The summed E-state index contributed by atoms with van der Waals surface area (Å²) in [7, 11) is -8.40. The van der Waals surface area contributed by atoms with Crippen molar-refractivity contribution in [2.75, 3.05) is 0 Å². The molecule has 0 rings (SSSR count). The molecule has 0 spiro atoms. The first kappa shape index (κ1) is 7.55. The van der Waals surface area contributed by atoms with Crippen molar-refractivity contribution >= 4 is 19.2 Å². The van der Waals surface area contributed by atoms with Crippen LogP contribution in [0.4, 0.5) is 0 Å². The molecule has 0 saturated heterocycles. The van der Waals surface area contributed by atoms with Crippen molar-refractivity contribution in [1.29, 1.82) is 3.70 Å².